The van der Waals surface area contributed by atoms with E-state index in [4.69, 9.17) is 4.74 Å². The average molecular weight is 412 g/mol. The molecular formula is C24H49N3O2. The van der Waals surface area contributed by atoms with E-state index in [1.54, 1.807) is 0 Å². The maximum Gasteiger partial charge on any atom is 0.221 e. The molecule has 0 saturated carbocycles. The van der Waals surface area contributed by atoms with Crippen molar-refractivity contribution in [2.75, 3.05) is 45.9 Å². The lowest BCUT2D eigenvalue weighted by atomic mass is 10.0. The Hall–Kier alpha value is -0.650. The Morgan fingerprint density at radius 2 is 1.52 bits per heavy atom. The molecule has 0 aromatic rings. The minimum atomic E-state index is 0.185. The number of amides is 1. The molecule has 5 nitrogen and oxygen atoms in total. The molecule has 0 aromatic carbocycles. The van der Waals surface area contributed by atoms with Gasteiger partial charge in [0.1, 0.15) is 0 Å². The van der Waals surface area contributed by atoms with E-state index in [1.165, 1.54) is 64.2 Å². The molecule has 1 atom stereocenters. The molecule has 1 fully saturated rings. The number of ether oxygens (including phenoxy) is 1. The van der Waals surface area contributed by atoms with Crippen LogP contribution >= 0.6 is 0 Å². The van der Waals surface area contributed by atoms with E-state index in [-0.39, 0.29) is 5.91 Å². The number of unbranched alkanes of at least 4 members (excludes halogenated alkanes) is 9. The zero-order valence-corrected chi connectivity index (χ0v) is 19.5. The normalized spacial score (nSPS) is 16.1. The van der Waals surface area contributed by atoms with Gasteiger partial charge in [0, 0.05) is 32.1 Å². The quantitative estimate of drug-likeness (QED) is 0.307. The van der Waals surface area contributed by atoms with Crippen LogP contribution < -0.4 is 10.6 Å². The van der Waals surface area contributed by atoms with Gasteiger partial charge in [-0.1, -0.05) is 71.1 Å². The van der Waals surface area contributed by atoms with Crippen LogP contribution in [0.1, 0.15) is 97.3 Å². The summed E-state index contributed by atoms with van der Waals surface area (Å²) in [6.07, 6.45) is 16.5. The Balaban J connectivity index is 1.82. The first-order valence-electron chi connectivity index (χ1n) is 12.5. The van der Waals surface area contributed by atoms with Crippen LogP contribution in [-0.2, 0) is 9.53 Å². The van der Waals surface area contributed by atoms with E-state index in [0.29, 0.717) is 12.5 Å². The topological polar surface area (TPSA) is 53.6 Å². The first-order valence-corrected chi connectivity index (χ1v) is 12.5. The van der Waals surface area contributed by atoms with Crippen molar-refractivity contribution in [3.05, 3.63) is 0 Å². The third-order valence-corrected chi connectivity index (χ3v) is 5.86. The number of carbonyl (C=O) groups is 1. The molecule has 0 aromatic heterocycles. The van der Waals surface area contributed by atoms with E-state index in [1.807, 2.05) is 0 Å². The van der Waals surface area contributed by atoms with Gasteiger partial charge >= 0.3 is 0 Å². The summed E-state index contributed by atoms with van der Waals surface area (Å²) in [5, 5.41) is 6.55. The summed E-state index contributed by atoms with van der Waals surface area (Å²) >= 11 is 0. The molecule has 0 aliphatic carbocycles. The van der Waals surface area contributed by atoms with Crippen LogP contribution in [0.2, 0.25) is 0 Å². The van der Waals surface area contributed by atoms with Crippen molar-refractivity contribution in [1.29, 1.82) is 0 Å². The van der Waals surface area contributed by atoms with Crippen molar-refractivity contribution in [2.24, 2.45) is 0 Å². The van der Waals surface area contributed by atoms with Crippen molar-refractivity contribution < 1.29 is 9.53 Å². The number of hydrogen-bond donors (Lipinski definition) is 2. The Morgan fingerprint density at radius 3 is 2.17 bits per heavy atom. The Morgan fingerprint density at radius 1 is 0.897 bits per heavy atom. The van der Waals surface area contributed by atoms with E-state index >= 15 is 0 Å². The van der Waals surface area contributed by atoms with Crippen molar-refractivity contribution in [1.82, 2.24) is 15.5 Å². The molecule has 0 radical (unpaired) electrons. The van der Waals surface area contributed by atoms with Crippen molar-refractivity contribution >= 4 is 5.91 Å². The fraction of sp³-hybridized carbons (Fsp3) is 0.958. The summed E-state index contributed by atoms with van der Waals surface area (Å²) in [6, 6.07) is 0.304. The summed E-state index contributed by atoms with van der Waals surface area (Å²) in [5.41, 5.74) is 0. The van der Waals surface area contributed by atoms with Gasteiger partial charge < -0.3 is 15.4 Å². The van der Waals surface area contributed by atoms with Crippen LogP contribution in [0.25, 0.3) is 0 Å². The zero-order chi connectivity index (χ0) is 21.0. The lowest BCUT2D eigenvalue weighted by molar-refractivity contribution is -0.121. The monoisotopic (exact) mass is 411 g/mol. The minimum absolute atomic E-state index is 0.185. The second-order valence-electron chi connectivity index (χ2n) is 8.75. The predicted molar refractivity (Wildman–Crippen MR) is 123 cm³/mol. The lowest BCUT2D eigenvalue weighted by Crippen LogP contribution is -2.38. The first kappa shape index (κ1) is 26.4. The molecule has 1 aliphatic rings. The summed E-state index contributed by atoms with van der Waals surface area (Å²) in [5.74, 6) is 0.185. The van der Waals surface area contributed by atoms with Crippen LogP contribution in [-0.4, -0.2) is 62.8 Å². The molecule has 1 amide bonds. The van der Waals surface area contributed by atoms with Crippen LogP contribution in [0.5, 0.6) is 0 Å². The predicted octanol–water partition coefficient (Wildman–Crippen LogP) is 4.50. The number of hydrogen-bond acceptors (Lipinski definition) is 4. The molecule has 1 aliphatic heterocycles. The van der Waals surface area contributed by atoms with Gasteiger partial charge in [-0.05, 0) is 32.9 Å². The third kappa shape index (κ3) is 16.8. The molecule has 5 heteroatoms. The van der Waals surface area contributed by atoms with Crippen LogP contribution in [0, 0.1) is 0 Å². The van der Waals surface area contributed by atoms with Crippen molar-refractivity contribution in [3.63, 3.8) is 0 Å². The molecule has 1 unspecified atom stereocenters. The highest BCUT2D eigenvalue weighted by molar-refractivity contribution is 5.76. The first-order chi connectivity index (χ1) is 14.2. The highest BCUT2D eigenvalue weighted by Gasteiger charge is 2.09. The van der Waals surface area contributed by atoms with Crippen LogP contribution in [0.4, 0.5) is 0 Å². The highest BCUT2D eigenvalue weighted by Crippen LogP contribution is 2.12. The maximum absolute atomic E-state index is 12.0. The van der Waals surface area contributed by atoms with Gasteiger partial charge in [0.05, 0.1) is 13.2 Å². The SMILES string of the molecule is CCCCCCCCCCCCC(C)NC(=O)CCNCCCN1CCOCC1. The second-order valence-corrected chi connectivity index (χ2v) is 8.75. The number of carbonyl (C=O) groups excluding carboxylic acids is 1. The lowest BCUT2D eigenvalue weighted by Gasteiger charge is -2.26. The molecule has 0 spiro atoms. The van der Waals surface area contributed by atoms with Gasteiger partial charge in [-0.2, -0.15) is 0 Å². The van der Waals surface area contributed by atoms with Gasteiger partial charge in [0.15, 0.2) is 0 Å². The van der Waals surface area contributed by atoms with Gasteiger partial charge in [-0.25, -0.2) is 0 Å². The summed E-state index contributed by atoms with van der Waals surface area (Å²) in [4.78, 5) is 14.5. The third-order valence-electron chi connectivity index (χ3n) is 5.86. The standard InChI is InChI=1S/C24H49N3O2/c1-3-4-5-6-7-8-9-10-11-12-14-23(2)26-24(28)15-17-25-16-13-18-27-19-21-29-22-20-27/h23,25H,3-22H2,1-2H3,(H,26,28). The number of morpholine rings is 1. The van der Waals surface area contributed by atoms with Gasteiger partial charge in [-0.3, -0.25) is 9.69 Å². The molecule has 1 heterocycles. The zero-order valence-electron chi connectivity index (χ0n) is 19.5. The fourth-order valence-corrected chi connectivity index (χ4v) is 3.94. The van der Waals surface area contributed by atoms with Crippen molar-refractivity contribution in [2.45, 2.75) is 103 Å². The Kier molecular flexibility index (Phi) is 17.6. The van der Waals surface area contributed by atoms with Crippen molar-refractivity contribution in [3.8, 4) is 0 Å². The van der Waals surface area contributed by atoms with E-state index < -0.39 is 0 Å². The van der Waals surface area contributed by atoms with Gasteiger partial charge in [0.25, 0.3) is 0 Å². The van der Waals surface area contributed by atoms with Crippen LogP contribution in [0.15, 0.2) is 0 Å². The number of nitrogens with one attached hydrogen (secondary N) is 2. The van der Waals surface area contributed by atoms with Crippen LogP contribution in [0.3, 0.4) is 0 Å². The van der Waals surface area contributed by atoms with Gasteiger partial charge in [-0.15, -0.1) is 0 Å². The summed E-state index contributed by atoms with van der Waals surface area (Å²) in [6.45, 7) is 11.1. The molecule has 29 heavy (non-hydrogen) atoms. The van der Waals surface area contributed by atoms with E-state index in [9.17, 15) is 4.79 Å². The summed E-state index contributed by atoms with van der Waals surface area (Å²) < 4.78 is 5.36. The fourth-order valence-electron chi connectivity index (χ4n) is 3.94. The molecule has 1 saturated heterocycles. The average Bonchev–Trinajstić information content (AvgIpc) is 2.72. The molecule has 0 bridgehead atoms. The van der Waals surface area contributed by atoms with E-state index in [2.05, 4.69) is 29.4 Å². The molecule has 2 N–H and O–H groups in total. The Bertz CT molecular complexity index is 373. The number of rotatable bonds is 19. The Labute approximate surface area is 180 Å². The highest BCUT2D eigenvalue weighted by atomic mass is 16.5. The second kappa shape index (κ2) is 19.3. The minimum Gasteiger partial charge on any atom is -0.379 e. The van der Waals surface area contributed by atoms with Gasteiger partial charge in [0.2, 0.25) is 5.91 Å². The molecule has 172 valence electrons. The maximum atomic E-state index is 12.0. The number of nitrogens with zero attached hydrogens (tertiary/aromatic N) is 1. The summed E-state index contributed by atoms with van der Waals surface area (Å²) in [7, 11) is 0. The van der Waals surface area contributed by atoms with E-state index in [0.717, 1.165) is 58.8 Å². The largest absolute Gasteiger partial charge is 0.379 e. The smallest absolute Gasteiger partial charge is 0.221 e. The molecule has 1 rings (SSSR count). The molecular weight excluding hydrogens is 362 g/mol.